The maximum Gasteiger partial charge on any atom is 0.00391 e. The topological polar surface area (TPSA) is 12.0 Å². The fourth-order valence-corrected chi connectivity index (χ4v) is 1.71. The highest BCUT2D eigenvalue weighted by molar-refractivity contribution is 5.85. The van der Waals surface area contributed by atoms with Crippen LogP contribution in [0.1, 0.15) is 32.6 Å². The Labute approximate surface area is 69.0 Å². The monoisotopic (exact) mass is 161 g/mol. The number of rotatable bonds is 0. The zero-order chi connectivity index (χ0) is 6.32. The van der Waals surface area contributed by atoms with Crippen LogP contribution < -0.4 is 5.32 Å². The van der Waals surface area contributed by atoms with Crippen molar-refractivity contribution >= 4 is 12.4 Å². The summed E-state index contributed by atoms with van der Waals surface area (Å²) in [4.78, 5) is 0. The number of hydrogen-bond donors (Lipinski definition) is 1. The number of hydrogen-bond acceptors (Lipinski definition) is 1. The molecule has 1 aliphatic heterocycles. The van der Waals surface area contributed by atoms with Gasteiger partial charge in [-0.25, -0.2) is 0 Å². The largest absolute Gasteiger partial charge is 0.314 e. The molecule has 10 heavy (non-hydrogen) atoms. The van der Waals surface area contributed by atoms with Crippen molar-refractivity contribution in [1.82, 2.24) is 5.32 Å². The molecule has 2 heteroatoms. The van der Waals surface area contributed by atoms with Gasteiger partial charge in [0.05, 0.1) is 0 Å². The van der Waals surface area contributed by atoms with Crippen LogP contribution in [0.3, 0.4) is 0 Å². The van der Waals surface area contributed by atoms with Gasteiger partial charge in [-0.2, -0.15) is 0 Å². The van der Waals surface area contributed by atoms with Crippen LogP contribution in [0.4, 0.5) is 0 Å². The van der Waals surface area contributed by atoms with Crippen LogP contribution in [0.5, 0.6) is 0 Å². The van der Waals surface area contributed by atoms with Gasteiger partial charge in [-0.05, 0) is 38.0 Å². The fourth-order valence-electron chi connectivity index (χ4n) is 1.71. The molecule has 1 saturated carbocycles. The lowest BCUT2D eigenvalue weighted by molar-refractivity contribution is 0.305. The van der Waals surface area contributed by atoms with Crippen molar-refractivity contribution in [2.45, 2.75) is 38.6 Å². The highest BCUT2D eigenvalue weighted by Crippen LogP contribution is 2.50. The highest BCUT2D eigenvalue weighted by Gasteiger charge is 2.43. The smallest absolute Gasteiger partial charge is 0.00391 e. The molecule has 2 aliphatic rings. The standard InChI is InChI=1S/C8H15N.ClH/c1-7-2-3-8(4-5-8)6-9-7;/h7,9H,2-6H2,1H3;1H. The Kier molecular flexibility index (Phi) is 2.26. The van der Waals surface area contributed by atoms with Crippen molar-refractivity contribution < 1.29 is 0 Å². The Hall–Kier alpha value is 0.250. The Morgan fingerprint density at radius 3 is 2.40 bits per heavy atom. The van der Waals surface area contributed by atoms with Gasteiger partial charge in [-0.1, -0.05) is 0 Å². The van der Waals surface area contributed by atoms with E-state index in [-0.39, 0.29) is 12.4 Å². The zero-order valence-corrected chi connectivity index (χ0v) is 7.34. The van der Waals surface area contributed by atoms with Crippen LogP contribution in [0.15, 0.2) is 0 Å². The zero-order valence-electron chi connectivity index (χ0n) is 6.52. The summed E-state index contributed by atoms with van der Waals surface area (Å²) in [5.41, 5.74) is 0.798. The molecule has 1 nitrogen and oxygen atoms in total. The van der Waals surface area contributed by atoms with Gasteiger partial charge in [0.25, 0.3) is 0 Å². The normalized spacial score (nSPS) is 35.1. The van der Waals surface area contributed by atoms with Crippen molar-refractivity contribution in [2.24, 2.45) is 5.41 Å². The number of piperidine rings is 1. The molecule has 0 aromatic carbocycles. The first-order valence-corrected chi connectivity index (χ1v) is 4.04. The minimum absolute atomic E-state index is 0. The SMILES string of the molecule is CC1CCC2(CC2)CN1.Cl. The Bertz CT molecular complexity index is 110. The molecule has 1 unspecified atom stereocenters. The van der Waals surface area contributed by atoms with Crippen molar-refractivity contribution in [1.29, 1.82) is 0 Å². The summed E-state index contributed by atoms with van der Waals surface area (Å²) in [6, 6.07) is 0.788. The van der Waals surface area contributed by atoms with Crippen LogP contribution >= 0.6 is 12.4 Å². The van der Waals surface area contributed by atoms with Gasteiger partial charge < -0.3 is 5.32 Å². The van der Waals surface area contributed by atoms with Gasteiger partial charge in [0.15, 0.2) is 0 Å². The van der Waals surface area contributed by atoms with Crippen LogP contribution in [0.2, 0.25) is 0 Å². The van der Waals surface area contributed by atoms with Gasteiger partial charge in [-0.3, -0.25) is 0 Å². The minimum Gasteiger partial charge on any atom is -0.314 e. The lowest BCUT2D eigenvalue weighted by Crippen LogP contribution is -2.37. The van der Waals surface area contributed by atoms with Crippen molar-refractivity contribution in [3.05, 3.63) is 0 Å². The van der Waals surface area contributed by atoms with E-state index in [0.29, 0.717) is 0 Å². The summed E-state index contributed by atoms with van der Waals surface area (Å²) in [5, 5.41) is 3.53. The molecule has 1 saturated heterocycles. The van der Waals surface area contributed by atoms with Crippen molar-refractivity contribution in [3.8, 4) is 0 Å². The average molecular weight is 162 g/mol. The van der Waals surface area contributed by atoms with E-state index >= 15 is 0 Å². The van der Waals surface area contributed by atoms with Gasteiger partial charge in [0.2, 0.25) is 0 Å². The quantitative estimate of drug-likeness (QED) is 0.573. The first-order valence-electron chi connectivity index (χ1n) is 4.04. The fraction of sp³-hybridized carbons (Fsp3) is 1.00. The van der Waals surface area contributed by atoms with Crippen molar-refractivity contribution in [3.63, 3.8) is 0 Å². The first-order chi connectivity index (χ1) is 4.31. The lowest BCUT2D eigenvalue weighted by Gasteiger charge is -2.27. The molecule has 1 heterocycles. The molecule has 0 amide bonds. The average Bonchev–Trinajstić information content (AvgIpc) is 2.60. The highest BCUT2D eigenvalue weighted by atomic mass is 35.5. The Morgan fingerprint density at radius 2 is 2.00 bits per heavy atom. The molecular formula is C8H16ClN. The van der Waals surface area contributed by atoms with Crippen LogP contribution in [-0.2, 0) is 0 Å². The van der Waals surface area contributed by atoms with E-state index in [9.17, 15) is 0 Å². The second kappa shape index (κ2) is 2.71. The van der Waals surface area contributed by atoms with Gasteiger partial charge in [0, 0.05) is 12.6 Å². The minimum atomic E-state index is 0. The Morgan fingerprint density at radius 1 is 1.30 bits per heavy atom. The number of halogens is 1. The van der Waals surface area contributed by atoms with E-state index in [2.05, 4.69) is 12.2 Å². The molecule has 0 aromatic rings. The molecule has 60 valence electrons. The van der Waals surface area contributed by atoms with E-state index in [1.807, 2.05) is 0 Å². The molecule has 0 bridgehead atoms. The summed E-state index contributed by atoms with van der Waals surface area (Å²) < 4.78 is 0. The van der Waals surface area contributed by atoms with E-state index in [4.69, 9.17) is 0 Å². The predicted molar refractivity (Wildman–Crippen MR) is 45.6 cm³/mol. The van der Waals surface area contributed by atoms with E-state index in [0.717, 1.165) is 11.5 Å². The third-order valence-electron chi connectivity index (χ3n) is 2.89. The van der Waals surface area contributed by atoms with E-state index in [1.54, 1.807) is 0 Å². The van der Waals surface area contributed by atoms with Crippen molar-refractivity contribution in [2.75, 3.05) is 6.54 Å². The third-order valence-corrected chi connectivity index (χ3v) is 2.89. The second-order valence-electron chi connectivity index (χ2n) is 3.82. The van der Waals surface area contributed by atoms with Crippen LogP contribution in [0, 0.1) is 5.41 Å². The van der Waals surface area contributed by atoms with Crippen LogP contribution in [0.25, 0.3) is 0 Å². The molecule has 1 N–H and O–H groups in total. The van der Waals surface area contributed by atoms with E-state index in [1.165, 1.54) is 32.2 Å². The summed E-state index contributed by atoms with van der Waals surface area (Å²) in [6.07, 6.45) is 5.88. The number of nitrogens with one attached hydrogen (secondary N) is 1. The second-order valence-corrected chi connectivity index (χ2v) is 3.82. The first kappa shape index (κ1) is 8.35. The maximum absolute atomic E-state index is 3.53. The molecule has 2 rings (SSSR count). The molecular weight excluding hydrogens is 146 g/mol. The molecule has 2 fully saturated rings. The molecule has 0 radical (unpaired) electrons. The van der Waals surface area contributed by atoms with Gasteiger partial charge in [0.1, 0.15) is 0 Å². The maximum atomic E-state index is 3.53. The summed E-state index contributed by atoms with van der Waals surface area (Å²) >= 11 is 0. The molecule has 1 aliphatic carbocycles. The third kappa shape index (κ3) is 1.46. The Balaban J connectivity index is 0.000000500. The summed E-state index contributed by atoms with van der Waals surface area (Å²) in [7, 11) is 0. The predicted octanol–water partition coefficient (Wildman–Crippen LogP) is 1.96. The summed E-state index contributed by atoms with van der Waals surface area (Å²) in [6.45, 7) is 3.59. The molecule has 0 aromatic heterocycles. The molecule has 1 spiro atoms. The van der Waals surface area contributed by atoms with Gasteiger partial charge in [-0.15, -0.1) is 12.4 Å². The van der Waals surface area contributed by atoms with E-state index < -0.39 is 0 Å². The molecule has 1 atom stereocenters. The summed E-state index contributed by atoms with van der Waals surface area (Å²) in [5.74, 6) is 0. The van der Waals surface area contributed by atoms with Gasteiger partial charge >= 0.3 is 0 Å². The lowest BCUT2D eigenvalue weighted by atomic mass is 9.93. The van der Waals surface area contributed by atoms with Crippen LogP contribution in [-0.4, -0.2) is 12.6 Å².